The number of fused-ring (bicyclic) bond motifs is 1. The van der Waals surface area contributed by atoms with Crippen molar-refractivity contribution in [2.75, 3.05) is 19.6 Å². The molecule has 3 heterocycles. The van der Waals surface area contributed by atoms with Crippen molar-refractivity contribution in [3.8, 4) is 0 Å². The van der Waals surface area contributed by atoms with Gasteiger partial charge in [0.15, 0.2) is 4.96 Å². The molecule has 1 aliphatic rings. The van der Waals surface area contributed by atoms with E-state index in [2.05, 4.69) is 10.3 Å². The van der Waals surface area contributed by atoms with Crippen LogP contribution in [0.5, 0.6) is 0 Å². The van der Waals surface area contributed by atoms with Crippen LogP contribution in [-0.2, 0) is 16.0 Å². The fraction of sp³-hybridized carbons (Fsp3) is 0.417. The zero-order chi connectivity index (χ0) is 13.4. The molecule has 0 unspecified atom stereocenters. The fourth-order valence-corrected chi connectivity index (χ4v) is 3.11. The SMILES string of the molecule is Cc1cn2c(CC(=O)N3CCNC(=O)C3)csc2n1. The number of carbonyl (C=O) groups is 2. The van der Waals surface area contributed by atoms with Crippen LogP contribution in [0.15, 0.2) is 11.6 Å². The van der Waals surface area contributed by atoms with Crippen molar-refractivity contribution in [2.45, 2.75) is 13.3 Å². The second kappa shape index (κ2) is 4.65. The largest absolute Gasteiger partial charge is 0.353 e. The minimum atomic E-state index is -0.0893. The molecular weight excluding hydrogens is 264 g/mol. The molecule has 1 aliphatic heterocycles. The minimum Gasteiger partial charge on any atom is -0.353 e. The number of carbonyl (C=O) groups excluding carboxylic acids is 2. The van der Waals surface area contributed by atoms with E-state index in [-0.39, 0.29) is 18.4 Å². The molecule has 19 heavy (non-hydrogen) atoms. The molecule has 7 heteroatoms. The predicted molar refractivity (Wildman–Crippen MR) is 71.1 cm³/mol. The molecule has 0 radical (unpaired) electrons. The third kappa shape index (κ3) is 2.33. The molecule has 3 rings (SSSR count). The van der Waals surface area contributed by atoms with E-state index in [9.17, 15) is 9.59 Å². The van der Waals surface area contributed by atoms with Crippen LogP contribution < -0.4 is 5.32 Å². The number of nitrogens with zero attached hydrogens (tertiary/aromatic N) is 3. The highest BCUT2D eigenvalue weighted by molar-refractivity contribution is 7.15. The molecule has 0 saturated carbocycles. The zero-order valence-electron chi connectivity index (χ0n) is 10.5. The zero-order valence-corrected chi connectivity index (χ0v) is 11.4. The van der Waals surface area contributed by atoms with E-state index in [0.29, 0.717) is 19.5 Å². The molecule has 2 amide bonds. The van der Waals surface area contributed by atoms with Crippen molar-refractivity contribution < 1.29 is 9.59 Å². The lowest BCUT2D eigenvalue weighted by Gasteiger charge is -2.26. The fourth-order valence-electron chi connectivity index (χ4n) is 2.19. The summed E-state index contributed by atoms with van der Waals surface area (Å²) >= 11 is 1.53. The minimum absolute atomic E-state index is 0.0131. The van der Waals surface area contributed by atoms with Gasteiger partial charge in [-0.25, -0.2) is 4.98 Å². The van der Waals surface area contributed by atoms with E-state index in [4.69, 9.17) is 0 Å². The maximum Gasteiger partial charge on any atom is 0.239 e. The number of rotatable bonds is 2. The molecule has 0 aromatic carbocycles. The molecule has 6 nitrogen and oxygen atoms in total. The third-order valence-corrected chi connectivity index (χ3v) is 4.02. The number of amides is 2. The van der Waals surface area contributed by atoms with Gasteiger partial charge in [-0.2, -0.15) is 0 Å². The number of piperazine rings is 1. The first-order chi connectivity index (χ1) is 9.13. The molecule has 100 valence electrons. The Morgan fingerprint density at radius 2 is 2.42 bits per heavy atom. The Labute approximate surface area is 114 Å². The molecule has 2 aromatic rings. The van der Waals surface area contributed by atoms with Crippen LogP contribution in [0.1, 0.15) is 11.4 Å². The van der Waals surface area contributed by atoms with E-state index < -0.39 is 0 Å². The van der Waals surface area contributed by atoms with Crippen molar-refractivity contribution in [2.24, 2.45) is 0 Å². The summed E-state index contributed by atoms with van der Waals surface area (Å²) in [7, 11) is 0. The maximum absolute atomic E-state index is 12.2. The number of hydrogen-bond acceptors (Lipinski definition) is 4. The number of hydrogen-bond donors (Lipinski definition) is 1. The Morgan fingerprint density at radius 3 is 3.21 bits per heavy atom. The Balaban J connectivity index is 1.76. The average molecular weight is 278 g/mol. The van der Waals surface area contributed by atoms with Gasteiger partial charge in [0.05, 0.1) is 18.7 Å². The Hall–Kier alpha value is -1.89. The Bertz CT molecular complexity index is 645. The average Bonchev–Trinajstić information content (AvgIpc) is 2.90. The quantitative estimate of drug-likeness (QED) is 0.853. The lowest BCUT2D eigenvalue weighted by molar-refractivity contribution is -0.137. The van der Waals surface area contributed by atoms with Gasteiger partial charge in [-0.3, -0.25) is 14.0 Å². The lowest BCUT2D eigenvalue weighted by atomic mass is 10.2. The van der Waals surface area contributed by atoms with Gasteiger partial charge >= 0.3 is 0 Å². The number of thiazole rings is 1. The van der Waals surface area contributed by atoms with E-state index in [1.165, 1.54) is 11.3 Å². The highest BCUT2D eigenvalue weighted by atomic mass is 32.1. The van der Waals surface area contributed by atoms with Gasteiger partial charge < -0.3 is 10.2 Å². The standard InChI is InChI=1S/C12H14N4O2S/c1-8-5-16-9(7-19-12(16)14-8)4-11(18)15-3-2-13-10(17)6-15/h5,7H,2-4,6H2,1H3,(H,13,17). The van der Waals surface area contributed by atoms with Crippen molar-refractivity contribution in [1.82, 2.24) is 19.6 Å². The van der Waals surface area contributed by atoms with Crippen molar-refractivity contribution in [3.05, 3.63) is 23.0 Å². The molecule has 1 fully saturated rings. The summed E-state index contributed by atoms with van der Waals surface area (Å²) in [5.41, 5.74) is 1.87. The van der Waals surface area contributed by atoms with E-state index in [1.54, 1.807) is 4.90 Å². The van der Waals surface area contributed by atoms with Gasteiger partial charge in [0.25, 0.3) is 0 Å². The van der Waals surface area contributed by atoms with Crippen molar-refractivity contribution in [1.29, 1.82) is 0 Å². The summed E-state index contributed by atoms with van der Waals surface area (Å²) < 4.78 is 1.95. The number of imidazole rings is 1. The summed E-state index contributed by atoms with van der Waals surface area (Å²) in [4.78, 5) is 30.3. The topological polar surface area (TPSA) is 66.7 Å². The Morgan fingerprint density at radius 1 is 1.58 bits per heavy atom. The molecule has 1 N–H and O–H groups in total. The molecule has 0 spiro atoms. The second-order valence-corrected chi connectivity index (χ2v) is 5.44. The highest BCUT2D eigenvalue weighted by Crippen LogP contribution is 2.17. The van der Waals surface area contributed by atoms with Gasteiger partial charge in [-0.15, -0.1) is 11.3 Å². The van der Waals surface area contributed by atoms with Crippen LogP contribution in [0.2, 0.25) is 0 Å². The van der Waals surface area contributed by atoms with E-state index in [1.807, 2.05) is 22.9 Å². The van der Waals surface area contributed by atoms with Gasteiger partial charge in [-0.1, -0.05) is 0 Å². The molecular formula is C12H14N4O2S. The van der Waals surface area contributed by atoms with Crippen LogP contribution in [-0.4, -0.2) is 45.7 Å². The summed E-state index contributed by atoms with van der Waals surface area (Å²) in [5, 5.41) is 4.66. The lowest BCUT2D eigenvalue weighted by Crippen LogP contribution is -2.50. The van der Waals surface area contributed by atoms with Gasteiger partial charge in [0.2, 0.25) is 11.8 Å². The number of aryl methyl sites for hydroxylation is 1. The van der Waals surface area contributed by atoms with Crippen LogP contribution in [0, 0.1) is 6.92 Å². The summed E-state index contributed by atoms with van der Waals surface area (Å²) in [6.45, 7) is 3.21. The first-order valence-corrected chi connectivity index (χ1v) is 6.98. The second-order valence-electron chi connectivity index (χ2n) is 4.60. The van der Waals surface area contributed by atoms with Gasteiger partial charge in [0, 0.05) is 30.4 Å². The Kier molecular flexibility index (Phi) is 2.98. The van der Waals surface area contributed by atoms with Crippen LogP contribution in [0.25, 0.3) is 4.96 Å². The van der Waals surface area contributed by atoms with Crippen LogP contribution >= 0.6 is 11.3 Å². The van der Waals surface area contributed by atoms with Crippen molar-refractivity contribution >= 4 is 28.1 Å². The van der Waals surface area contributed by atoms with E-state index >= 15 is 0 Å². The first-order valence-electron chi connectivity index (χ1n) is 6.10. The van der Waals surface area contributed by atoms with Crippen molar-refractivity contribution in [3.63, 3.8) is 0 Å². The third-order valence-electron chi connectivity index (χ3n) is 3.13. The number of nitrogens with one attached hydrogen (secondary N) is 1. The van der Waals surface area contributed by atoms with E-state index in [0.717, 1.165) is 16.3 Å². The maximum atomic E-state index is 12.2. The summed E-state index contributed by atoms with van der Waals surface area (Å²) in [6, 6.07) is 0. The van der Waals surface area contributed by atoms with Gasteiger partial charge in [0.1, 0.15) is 0 Å². The molecule has 0 atom stereocenters. The summed E-state index contributed by atoms with van der Waals surface area (Å²) in [6.07, 6.45) is 2.24. The van der Waals surface area contributed by atoms with Crippen LogP contribution in [0.4, 0.5) is 0 Å². The predicted octanol–water partition coefficient (Wildman–Crippen LogP) is 0.205. The van der Waals surface area contributed by atoms with Crippen LogP contribution in [0.3, 0.4) is 0 Å². The molecule has 0 bridgehead atoms. The highest BCUT2D eigenvalue weighted by Gasteiger charge is 2.22. The smallest absolute Gasteiger partial charge is 0.239 e. The normalized spacial score (nSPS) is 15.8. The molecule has 1 saturated heterocycles. The first kappa shape index (κ1) is 12.2. The number of aromatic nitrogens is 2. The monoisotopic (exact) mass is 278 g/mol. The summed E-state index contributed by atoms with van der Waals surface area (Å²) in [5.74, 6) is -0.102. The van der Waals surface area contributed by atoms with Gasteiger partial charge in [-0.05, 0) is 6.92 Å². The molecule has 0 aliphatic carbocycles. The molecule has 2 aromatic heterocycles.